The fourth-order valence-corrected chi connectivity index (χ4v) is 2.99. The topological polar surface area (TPSA) is 34.5 Å². The van der Waals surface area contributed by atoms with Gasteiger partial charge in [0.2, 0.25) is 0 Å². The second kappa shape index (κ2) is 4.10. The number of ether oxygens (including phenoxy) is 1. The maximum Gasteiger partial charge on any atom is 0.340 e. The predicted molar refractivity (Wildman–Crippen MR) is 74.2 cm³/mol. The summed E-state index contributed by atoms with van der Waals surface area (Å²) in [6.45, 7) is 3.88. The quantitative estimate of drug-likeness (QED) is 0.736. The number of hydrogen-bond donors (Lipinski definition) is 0. The normalized spacial score (nSPS) is 14.9. The molecule has 2 heterocycles. The first-order valence-electron chi connectivity index (χ1n) is 6.40. The highest BCUT2D eigenvalue weighted by atomic mass is 16.5. The molecule has 2 aromatic rings. The second-order valence-corrected chi connectivity index (χ2v) is 5.32. The zero-order valence-corrected chi connectivity index (χ0v) is 11.8. The van der Waals surface area contributed by atoms with Crippen LogP contribution in [0.3, 0.4) is 0 Å². The average molecular weight is 258 g/mol. The van der Waals surface area contributed by atoms with Gasteiger partial charge in [-0.1, -0.05) is 0 Å². The van der Waals surface area contributed by atoms with Gasteiger partial charge in [-0.3, -0.25) is 4.90 Å². The molecule has 4 heteroatoms. The third-order valence-corrected chi connectivity index (χ3v) is 4.08. The Morgan fingerprint density at radius 1 is 1.21 bits per heavy atom. The molecule has 19 heavy (non-hydrogen) atoms. The number of fused-ring (bicyclic) bond motifs is 2. The first-order chi connectivity index (χ1) is 9.02. The van der Waals surface area contributed by atoms with Crippen LogP contribution in [0, 0.1) is 6.92 Å². The minimum atomic E-state index is -0.255. The molecule has 0 bridgehead atoms. The fourth-order valence-electron chi connectivity index (χ4n) is 2.99. The maximum absolute atomic E-state index is 12.0. The summed E-state index contributed by atoms with van der Waals surface area (Å²) in [6, 6.07) is 4.35. The molecule has 1 aliphatic rings. The lowest BCUT2D eigenvalue weighted by atomic mass is 10.0. The van der Waals surface area contributed by atoms with Gasteiger partial charge in [-0.2, -0.15) is 0 Å². The summed E-state index contributed by atoms with van der Waals surface area (Å²) < 4.78 is 6.99. The molecule has 0 N–H and O–H groups in total. The van der Waals surface area contributed by atoms with Crippen molar-refractivity contribution in [3.8, 4) is 0 Å². The van der Waals surface area contributed by atoms with Crippen molar-refractivity contribution in [3.05, 3.63) is 34.5 Å². The van der Waals surface area contributed by atoms with Gasteiger partial charge in [0.1, 0.15) is 0 Å². The number of rotatable bonds is 1. The molecule has 4 nitrogen and oxygen atoms in total. The van der Waals surface area contributed by atoms with Crippen molar-refractivity contribution in [2.45, 2.75) is 20.0 Å². The van der Waals surface area contributed by atoms with Crippen LogP contribution in [-0.4, -0.2) is 29.6 Å². The summed E-state index contributed by atoms with van der Waals surface area (Å²) in [5, 5.41) is 1.00. The first-order valence-corrected chi connectivity index (χ1v) is 6.40. The van der Waals surface area contributed by atoms with E-state index in [1.165, 1.54) is 18.2 Å². The van der Waals surface area contributed by atoms with Crippen molar-refractivity contribution >= 4 is 16.9 Å². The van der Waals surface area contributed by atoms with E-state index in [0.29, 0.717) is 5.56 Å². The van der Waals surface area contributed by atoms with E-state index in [9.17, 15) is 4.79 Å². The lowest BCUT2D eigenvalue weighted by Gasteiger charge is -2.03. The Balaban J connectivity index is 2.31. The second-order valence-electron chi connectivity index (χ2n) is 5.32. The van der Waals surface area contributed by atoms with Crippen LogP contribution in [0.25, 0.3) is 10.9 Å². The molecule has 0 aliphatic carbocycles. The van der Waals surface area contributed by atoms with Crippen molar-refractivity contribution in [1.29, 1.82) is 0 Å². The molecule has 0 spiro atoms. The molecular formula is C15H18N2O2. The Labute approximate surface area is 112 Å². The van der Waals surface area contributed by atoms with Gasteiger partial charge in [0.25, 0.3) is 0 Å². The first kappa shape index (κ1) is 12.2. The van der Waals surface area contributed by atoms with Gasteiger partial charge in [-0.15, -0.1) is 0 Å². The minimum absolute atomic E-state index is 0.255. The van der Waals surface area contributed by atoms with Crippen LogP contribution in [-0.2, 0) is 24.9 Å². The van der Waals surface area contributed by atoms with Crippen LogP contribution >= 0.6 is 0 Å². The van der Waals surface area contributed by atoms with Gasteiger partial charge in [0, 0.05) is 36.7 Å². The Bertz CT molecular complexity index is 685. The number of aryl methyl sites for hydroxylation is 1. The number of esters is 1. The molecule has 100 valence electrons. The van der Waals surface area contributed by atoms with Gasteiger partial charge < -0.3 is 9.30 Å². The third-order valence-electron chi connectivity index (χ3n) is 4.08. The molecule has 1 aliphatic heterocycles. The lowest BCUT2D eigenvalue weighted by molar-refractivity contribution is 0.0602. The molecule has 1 aromatic carbocycles. The zero-order valence-electron chi connectivity index (χ0n) is 11.8. The van der Waals surface area contributed by atoms with Crippen molar-refractivity contribution in [1.82, 2.24) is 9.47 Å². The van der Waals surface area contributed by atoms with E-state index in [1.54, 1.807) is 0 Å². The van der Waals surface area contributed by atoms with Crippen LogP contribution in [0.4, 0.5) is 0 Å². The molecule has 0 radical (unpaired) electrons. The maximum atomic E-state index is 12.0. The van der Waals surface area contributed by atoms with Crippen molar-refractivity contribution in [2.75, 3.05) is 14.2 Å². The van der Waals surface area contributed by atoms with E-state index < -0.39 is 0 Å². The number of carbonyl (C=O) groups excluding carboxylic acids is 1. The van der Waals surface area contributed by atoms with Crippen molar-refractivity contribution < 1.29 is 9.53 Å². The molecule has 0 fully saturated rings. The van der Waals surface area contributed by atoms with E-state index in [2.05, 4.69) is 28.6 Å². The highest BCUT2D eigenvalue weighted by molar-refractivity contribution is 6.06. The van der Waals surface area contributed by atoms with Crippen LogP contribution in [0.5, 0.6) is 0 Å². The van der Waals surface area contributed by atoms with Crippen LogP contribution in [0.2, 0.25) is 0 Å². The largest absolute Gasteiger partial charge is 0.465 e. The molecule has 0 saturated carbocycles. The molecule has 0 saturated heterocycles. The number of carbonyl (C=O) groups is 1. The van der Waals surface area contributed by atoms with Crippen LogP contribution in [0.1, 0.15) is 27.2 Å². The van der Waals surface area contributed by atoms with E-state index in [0.717, 1.165) is 29.7 Å². The molecule has 0 atom stereocenters. The monoisotopic (exact) mass is 258 g/mol. The highest BCUT2D eigenvalue weighted by Crippen LogP contribution is 2.32. The number of nitrogens with zero attached hydrogens (tertiary/aromatic N) is 2. The number of aromatic nitrogens is 1. The predicted octanol–water partition coefficient (Wildman–Crippen LogP) is 2.22. The highest BCUT2D eigenvalue weighted by Gasteiger charge is 2.23. The minimum Gasteiger partial charge on any atom is -0.465 e. The van der Waals surface area contributed by atoms with E-state index >= 15 is 0 Å². The Hall–Kier alpha value is -1.81. The van der Waals surface area contributed by atoms with Crippen molar-refractivity contribution in [3.63, 3.8) is 0 Å². The summed E-state index contributed by atoms with van der Waals surface area (Å²) in [5.74, 6) is -0.255. The van der Waals surface area contributed by atoms with Gasteiger partial charge in [0.05, 0.1) is 12.7 Å². The molecule has 0 amide bonds. The molecule has 0 unspecified atom stereocenters. The summed E-state index contributed by atoms with van der Waals surface area (Å²) in [5.41, 5.74) is 5.42. The van der Waals surface area contributed by atoms with Crippen LogP contribution in [0.15, 0.2) is 12.1 Å². The fraction of sp³-hybridized carbons (Fsp3) is 0.400. The standard InChI is InChI=1S/C15H18N2O2/c1-9-14(15(18)19-4)12-5-10-7-16(2)8-11(10)6-13(12)17(9)3/h5-6H,7-8H2,1-4H3. The number of benzene rings is 1. The number of methoxy groups -OCH3 is 1. The molecular weight excluding hydrogens is 240 g/mol. The van der Waals surface area contributed by atoms with E-state index in [-0.39, 0.29) is 5.97 Å². The smallest absolute Gasteiger partial charge is 0.340 e. The Morgan fingerprint density at radius 3 is 2.47 bits per heavy atom. The molecule has 3 rings (SSSR count). The van der Waals surface area contributed by atoms with Crippen molar-refractivity contribution in [2.24, 2.45) is 7.05 Å². The summed E-state index contributed by atoms with van der Waals surface area (Å²) in [6.07, 6.45) is 0. The van der Waals surface area contributed by atoms with E-state index in [1.807, 2.05) is 14.0 Å². The third kappa shape index (κ3) is 1.67. The van der Waals surface area contributed by atoms with Gasteiger partial charge in [0.15, 0.2) is 0 Å². The van der Waals surface area contributed by atoms with Gasteiger partial charge in [-0.25, -0.2) is 4.79 Å². The lowest BCUT2D eigenvalue weighted by Crippen LogP contribution is -2.07. The summed E-state index contributed by atoms with van der Waals surface area (Å²) in [7, 11) is 5.54. The van der Waals surface area contributed by atoms with Gasteiger partial charge in [-0.05, 0) is 37.2 Å². The Kier molecular flexibility index (Phi) is 2.64. The van der Waals surface area contributed by atoms with Gasteiger partial charge >= 0.3 is 5.97 Å². The average Bonchev–Trinajstić information content (AvgIpc) is 2.85. The number of hydrogen-bond acceptors (Lipinski definition) is 3. The SMILES string of the molecule is COC(=O)c1c(C)n(C)c2cc3c(cc12)CN(C)C3. The van der Waals surface area contributed by atoms with E-state index in [4.69, 9.17) is 4.74 Å². The summed E-state index contributed by atoms with van der Waals surface area (Å²) in [4.78, 5) is 14.3. The summed E-state index contributed by atoms with van der Waals surface area (Å²) >= 11 is 0. The Morgan fingerprint density at radius 2 is 1.84 bits per heavy atom. The molecule has 1 aromatic heterocycles. The van der Waals surface area contributed by atoms with Crippen LogP contribution < -0.4 is 0 Å². The zero-order chi connectivity index (χ0) is 13.7.